The first-order valence-electron chi connectivity index (χ1n) is 13.7. The third kappa shape index (κ3) is 8.02. The van der Waals surface area contributed by atoms with E-state index in [1.54, 1.807) is 38.1 Å². The number of esters is 1. The summed E-state index contributed by atoms with van der Waals surface area (Å²) >= 11 is 8.62. The van der Waals surface area contributed by atoms with Crippen molar-refractivity contribution in [2.75, 3.05) is 18.5 Å². The number of nitrogens with one attached hydrogen (secondary N) is 2. The van der Waals surface area contributed by atoms with Crippen LogP contribution in [0.5, 0.6) is 5.75 Å². The number of aromatic nitrogens is 3. The molecular weight excluding hydrogens is 586 g/mol. The predicted molar refractivity (Wildman–Crippen MR) is 160 cm³/mol. The smallest absolute Gasteiger partial charge is 0.341 e. The van der Waals surface area contributed by atoms with Crippen molar-refractivity contribution in [2.24, 2.45) is 0 Å². The van der Waals surface area contributed by atoms with Crippen LogP contribution in [0.25, 0.3) is 0 Å². The minimum absolute atomic E-state index is 0.149. The molecule has 2 amide bonds. The van der Waals surface area contributed by atoms with E-state index in [-0.39, 0.29) is 31.6 Å². The topological polar surface area (TPSA) is 124 Å². The number of carbonyl (C=O) groups is 3. The molecule has 0 saturated heterocycles. The molecule has 2 heterocycles. The number of hydrogen-bond acceptors (Lipinski definition) is 9. The molecule has 1 atom stereocenters. The van der Waals surface area contributed by atoms with E-state index in [0.29, 0.717) is 38.9 Å². The molecule has 0 saturated carbocycles. The number of carbonyl (C=O) groups excluding carboxylic acids is 3. The molecule has 2 aromatic heterocycles. The van der Waals surface area contributed by atoms with Gasteiger partial charge in [-0.3, -0.25) is 9.59 Å². The van der Waals surface area contributed by atoms with Gasteiger partial charge >= 0.3 is 5.97 Å². The number of thioether (sulfide) groups is 1. The summed E-state index contributed by atoms with van der Waals surface area (Å²) in [4.78, 5) is 39.4. The quantitative estimate of drug-likeness (QED) is 0.185. The van der Waals surface area contributed by atoms with Gasteiger partial charge in [0.15, 0.2) is 17.6 Å². The normalized spacial score (nSPS) is 13.0. The van der Waals surface area contributed by atoms with Crippen LogP contribution in [0.3, 0.4) is 0 Å². The van der Waals surface area contributed by atoms with Crippen LogP contribution in [-0.2, 0) is 40.3 Å². The van der Waals surface area contributed by atoms with Gasteiger partial charge in [-0.15, -0.1) is 21.5 Å². The molecule has 0 spiro atoms. The van der Waals surface area contributed by atoms with Crippen LogP contribution in [0.4, 0.5) is 5.00 Å². The Balaban J connectivity index is 1.38. The highest BCUT2D eigenvalue weighted by Crippen LogP contribution is 2.40. The summed E-state index contributed by atoms with van der Waals surface area (Å²) in [5, 5.41) is 15.6. The van der Waals surface area contributed by atoms with E-state index in [1.165, 1.54) is 23.1 Å². The third-order valence-corrected chi connectivity index (χ3v) is 8.98. The molecule has 1 aromatic carbocycles. The number of aryl methyl sites for hydroxylation is 1. The van der Waals surface area contributed by atoms with Crippen molar-refractivity contribution >= 4 is 57.5 Å². The van der Waals surface area contributed by atoms with E-state index in [2.05, 4.69) is 27.8 Å². The first-order valence-corrected chi connectivity index (χ1v) is 15.7. The number of fused-ring (bicyclic) bond motifs is 1. The van der Waals surface area contributed by atoms with Crippen molar-refractivity contribution in [3.63, 3.8) is 0 Å². The van der Waals surface area contributed by atoms with Gasteiger partial charge in [-0.2, -0.15) is 0 Å². The number of thiophene rings is 1. The molecular formula is C28H34ClN5O5S2. The van der Waals surface area contributed by atoms with Crippen LogP contribution >= 0.6 is 34.7 Å². The first kappa shape index (κ1) is 30.9. The summed E-state index contributed by atoms with van der Waals surface area (Å²) < 4.78 is 12.7. The molecule has 0 radical (unpaired) electrons. The lowest BCUT2D eigenvalue weighted by Gasteiger charge is -2.14. The van der Waals surface area contributed by atoms with E-state index < -0.39 is 11.2 Å². The van der Waals surface area contributed by atoms with Crippen LogP contribution in [0, 0.1) is 0 Å². The van der Waals surface area contributed by atoms with E-state index in [0.717, 1.165) is 42.5 Å². The number of rotatable bonds is 14. The van der Waals surface area contributed by atoms with Gasteiger partial charge in [-0.1, -0.05) is 36.7 Å². The zero-order valence-corrected chi connectivity index (χ0v) is 25.7. The maximum Gasteiger partial charge on any atom is 0.341 e. The summed E-state index contributed by atoms with van der Waals surface area (Å²) in [6.07, 6.45) is 4.56. The monoisotopic (exact) mass is 619 g/mol. The summed E-state index contributed by atoms with van der Waals surface area (Å²) in [5.74, 6) is 0.204. The minimum atomic E-state index is -0.512. The number of anilines is 1. The summed E-state index contributed by atoms with van der Waals surface area (Å²) in [5.41, 5.74) is 1.48. The average molecular weight is 620 g/mol. The van der Waals surface area contributed by atoms with Gasteiger partial charge in [0.2, 0.25) is 5.91 Å². The fourth-order valence-corrected chi connectivity index (χ4v) is 6.62. The van der Waals surface area contributed by atoms with E-state index in [1.807, 2.05) is 4.57 Å². The molecule has 0 aliphatic heterocycles. The van der Waals surface area contributed by atoms with Crippen molar-refractivity contribution in [3.8, 4) is 5.75 Å². The average Bonchev–Trinajstić information content (AvgIpc) is 3.65. The van der Waals surface area contributed by atoms with Gasteiger partial charge in [-0.05, 0) is 69.4 Å². The lowest BCUT2D eigenvalue weighted by atomic mass is 10.1. The summed E-state index contributed by atoms with van der Waals surface area (Å²) in [7, 11) is 0. The molecule has 1 unspecified atom stereocenters. The Bertz CT molecular complexity index is 1370. The predicted octanol–water partition coefficient (Wildman–Crippen LogP) is 5.27. The second kappa shape index (κ2) is 14.7. The number of hydrogen-bond donors (Lipinski definition) is 2. The Kier molecular flexibility index (Phi) is 11.1. The van der Waals surface area contributed by atoms with Crippen molar-refractivity contribution in [1.29, 1.82) is 0 Å². The van der Waals surface area contributed by atoms with Gasteiger partial charge in [0.05, 0.1) is 24.0 Å². The van der Waals surface area contributed by atoms with Gasteiger partial charge in [0, 0.05) is 16.4 Å². The van der Waals surface area contributed by atoms with Crippen molar-refractivity contribution in [2.45, 2.75) is 76.4 Å². The molecule has 3 aromatic rings. The highest BCUT2D eigenvalue weighted by molar-refractivity contribution is 8.00. The Morgan fingerprint density at radius 2 is 1.95 bits per heavy atom. The number of ether oxygens (including phenoxy) is 2. The molecule has 2 N–H and O–H groups in total. The lowest BCUT2D eigenvalue weighted by Crippen LogP contribution is -2.29. The first-order chi connectivity index (χ1) is 19.8. The SMILES string of the molecule is CCCCn1c(CNC(=O)COc2ccc(Cl)cc2)nnc1SC(C)C(=O)Nc1sc2c(c1C(=O)OCC)CCC2. The lowest BCUT2D eigenvalue weighted by molar-refractivity contribution is -0.123. The molecule has 0 fully saturated rings. The molecule has 1 aliphatic carbocycles. The van der Waals surface area contributed by atoms with Gasteiger partial charge < -0.3 is 24.7 Å². The number of nitrogens with zero attached hydrogens (tertiary/aromatic N) is 3. The van der Waals surface area contributed by atoms with Crippen LogP contribution in [0.2, 0.25) is 5.02 Å². The van der Waals surface area contributed by atoms with Gasteiger partial charge in [-0.25, -0.2) is 4.79 Å². The van der Waals surface area contributed by atoms with Crippen molar-refractivity contribution in [1.82, 2.24) is 20.1 Å². The number of amides is 2. The molecule has 220 valence electrons. The number of benzene rings is 1. The molecule has 4 rings (SSSR count). The number of unbranched alkanes of at least 4 members (excludes halogenated alkanes) is 1. The van der Waals surface area contributed by atoms with Gasteiger partial charge in [0.1, 0.15) is 10.8 Å². The fourth-order valence-electron chi connectivity index (χ4n) is 4.32. The van der Waals surface area contributed by atoms with Crippen molar-refractivity contribution in [3.05, 3.63) is 51.1 Å². The molecule has 13 heteroatoms. The van der Waals surface area contributed by atoms with Crippen LogP contribution in [-0.4, -0.2) is 51.0 Å². The maximum atomic E-state index is 13.2. The van der Waals surface area contributed by atoms with Crippen molar-refractivity contribution < 1.29 is 23.9 Å². The molecule has 10 nitrogen and oxygen atoms in total. The van der Waals surface area contributed by atoms with Crippen LogP contribution in [0.1, 0.15) is 66.7 Å². The van der Waals surface area contributed by atoms with E-state index in [4.69, 9.17) is 21.1 Å². The summed E-state index contributed by atoms with van der Waals surface area (Å²) in [6, 6.07) is 6.77. The standard InChI is InChI=1S/C28H34ClN5O5S2/c1-4-6-14-34-22(15-30-23(35)16-39-19-12-10-18(29)11-13-19)32-33-28(34)40-17(3)25(36)31-26-24(27(37)38-5-2)20-8-7-9-21(20)41-26/h10-13,17H,4-9,14-16H2,1-3H3,(H,30,35)(H,31,36). The van der Waals surface area contributed by atoms with E-state index in [9.17, 15) is 14.4 Å². The maximum absolute atomic E-state index is 13.2. The Morgan fingerprint density at radius 3 is 2.68 bits per heavy atom. The van der Waals surface area contributed by atoms with Crippen LogP contribution < -0.4 is 15.4 Å². The minimum Gasteiger partial charge on any atom is -0.484 e. The van der Waals surface area contributed by atoms with E-state index >= 15 is 0 Å². The Labute approximate surface area is 252 Å². The third-order valence-electron chi connectivity index (χ3n) is 6.44. The Hall–Kier alpha value is -3.09. The number of halogens is 1. The van der Waals surface area contributed by atoms with Crippen LogP contribution in [0.15, 0.2) is 29.4 Å². The highest BCUT2D eigenvalue weighted by Gasteiger charge is 2.29. The second-order valence-electron chi connectivity index (χ2n) is 9.45. The molecule has 0 bridgehead atoms. The zero-order chi connectivity index (χ0) is 29.4. The Morgan fingerprint density at radius 1 is 1.17 bits per heavy atom. The fraction of sp³-hybridized carbons (Fsp3) is 0.464. The summed E-state index contributed by atoms with van der Waals surface area (Å²) in [6.45, 7) is 6.59. The second-order valence-corrected chi connectivity index (χ2v) is 12.3. The molecule has 41 heavy (non-hydrogen) atoms. The zero-order valence-electron chi connectivity index (χ0n) is 23.3. The highest BCUT2D eigenvalue weighted by atomic mass is 35.5. The largest absolute Gasteiger partial charge is 0.484 e. The molecule has 1 aliphatic rings. The van der Waals surface area contributed by atoms with Gasteiger partial charge in [0.25, 0.3) is 5.91 Å².